The number of H-pyrrole nitrogens is 1. The molecule has 340 valence electrons. The van der Waals surface area contributed by atoms with E-state index in [2.05, 4.69) is 260 Å². The van der Waals surface area contributed by atoms with E-state index in [0.29, 0.717) is 0 Å². The van der Waals surface area contributed by atoms with Crippen molar-refractivity contribution in [2.24, 2.45) is 0 Å². The second-order valence-electron chi connectivity index (χ2n) is 19.9. The minimum absolute atomic E-state index is 0.234. The first-order chi connectivity index (χ1) is 34.7. The first-order valence-electron chi connectivity index (χ1n) is 24.6. The smallest absolute Gasteiger partial charge is 0.147 e. The summed E-state index contributed by atoms with van der Waals surface area (Å²) in [6.45, 7) is 9.27. The van der Waals surface area contributed by atoms with E-state index in [1.165, 1.54) is 43.8 Å². The number of benzene rings is 9. The molecule has 0 aliphatic rings. The van der Waals surface area contributed by atoms with Crippen molar-refractivity contribution in [1.82, 2.24) is 24.1 Å². The summed E-state index contributed by atoms with van der Waals surface area (Å²) in [6, 6.07) is 81.3. The summed E-state index contributed by atoms with van der Waals surface area (Å²) in [7, 11) is 0. The van der Waals surface area contributed by atoms with Crippen molar-refractivity contribution in [2.45, 2.75) is 38.5 Å². The predicted octanol–water partition coefficient (Wildman–Crippen LogP) is 16.8. The van der Waals surface area contributed by atoms with Gasteiger partial charge in [-0.2, -0.15) is 0 Å². The number of para-hydroxylation sites is 3. The molecule has 1 N–H and O–H groups in total. The molecule has 5 nitrogen and oxygen atoms in total. The lowest BCUT2D eigenvalue weighted by atomic mass is 9.77. The van der Waals surface area contributed by atoms with Crippen molar-refractivity contribution < 1.29 is 0 Å². The molecule has 0 bridgehead atoms. The van der Waals surface area contributed by atoms with Gasteiger partial charge in [-0.15, -0.1) is 0 Å². The second-order valence-corrected chi connectivity index (χ2v) is 19.9. The number of fused-ring (bicyclic) bond motifs is 7. The zero-order chi connectivity index (χ0) is 47.8. The predicted molar refractivity (Wildman–Crippen MR) is 296 cm³/mol. The normalized spacial score (nSPS) is 12.2. The fourth-order valence-electron chi connectivity index (χ4n) is 11.2. The Morgan fingerprint density at radius 2 is 1.04 bits per heavy atom. The summed E-state index contributed by atoms with van der Waals surface area (Å²) in [5.41, 5.74) is 17.4. The van der Waals surface area contributed by atoms with Gasteiger partial charge in [0.1, 0.15) is 11.6 Å². The van der Waals surface area contributed by atoms with Gasteiger partial charge in [0.25, 0.3) is 0 Å². The van der Waals surface area contributed by atoms with Crippen LogP contribution in [-0.2, 0) is 10.8 Å². The lowest BCUT2D eigenvalue weighted by Gasteiger charge is -2.27. The number of pyridine rings is 1. The number of nitrogens with zero attached hydrogens (tertiary/aromatic N) is 4. The van der Waals surface area contributed by atoms with E-state index in [0.717, 1.165) is 78.2 Å². The number of aromatic amines is 1. The summed E-state index contributed by atoms with van der Waals surface area (Å²) in [6.07, 6.45) is 1.89. The Kier molecular flexibility index (Phi) is 9.79. The number of aromatic nitrogens is 5. The van der Waals surface area contributed by atoms with Gasteiger partial charge in [-0.25, -0.2) is 9.97 Å². The monoisotopic (exact) mass is 913 g/mol. The number of hydrogen-bond donors (Lipinski definition) is 1. The molecule has 0 aliphatic heterocycles. The summed E-state index contributed by atoms with van der Waals surface area (Å²) in [5.74, 6) is 1.74. The molecule has 4 heterocycles. The van der Waals surface area contributed by atoms with Gasteiger partial charge in [-0.3, -0.25) is 9.13 Å². The van der Waals surface area contributed by atoms with Crippen molar-refractivity contribution in [2.75, 3.05) is 0 Å². The Morgan fingerprint density at radius 3 is 1.79 bits per heavy atom. The Bertz CT molecular complexity index is 4140. The van der Waals surface area contributed by atoms with Crippen LogP contribution < -0.4 is 0 Å². The van der Waals surface area contributed by atoms with Crippen LogP contribution in [0.1, 0.15) is 49.9 Å². The molecule has 0 saturated heterocycles. The Balaban J connectivity index is 1.10. The third kappa shape index (κ3) is 6.83. The molecule has 0 aliphatic carbocycles. The van der Waals surface area contributed by atoms with Gasteiger partial charge in [-0.05, 0) is 106 Å². The Morgan fingerprint density at radius 1 is 0.408 bits per heavy atom. The van der Waals surface area contributed by atoms with Gasteiger partial charge in [0, 0.05) is 60.9 Å². The summed E-state index contributed by atoms with van der Waals surface area (Å²) >= 11 is 0. The van der Waals surface area contributed by atoms with Crippen molar-refractivity contribution in [1.29, 1.82) is 0 Å². The van der Waals surface area contributed by atoms with E-state index in [4.69, 9.17) is 9.97 Å². The molecule has 0 fully saturated rings. The summed E-state index contributed by atoms with van der Waals surface area (Å²) < 4.78 is 4.72. The van der Waals surface area contributed by atoms with Gasteiger partial charge >= 0.3 is 0 Å². The van der Waals surface area contributed by atoms with E-state index in [1.54, 1.807) is 0 Å². The maximum Gasteiger partial charge on any atom is 0.147 e. The molecule has 5 heteroatoms. The van der Waals surface area contributed by atoms with Crippen LogP contribution in [0.4, 0.5) is 0 Å². The van der Waals surface area contributed by atoms with E-state index in [-0.39, 0.29) is 10.8 Å². The van der Waals surface area contributed by atoms with Gasteiger partial charge in [0.2, 0.25) is 0 Å². The highest BCUT2D eigenvalue weighted by molar-refractivity contribution is 6.18. The van der Waals surface area contributed by atoms with Crippen LogP contribution in [-0.4, -0.2) is 24.1 Å². The van der Waals surface area contributed by atoms with Gasteiger partial charge in [0.15, 0.2) is 0 Å². The Labute approximate surface area is 413 Å². The maximum absolute atomic E-state index is 5.80. The van der Waals surface area contributed by atoms with E-state index in [1.807, 2.05) is 12.3 Å². The lowest BCUT2D eigenvalue weighted by molar-refractivity contribution is 0.640. The Hall–Kier alpha value is -8.80. The van der Waals surface area contributed by atoms with Crippen LogP contribution in [0.15, 0.2) is 231 Å². The molecule has 71 heavy (non-hydrogen) atoms. The van der Waals surface area contributed by atoms with Crippen molar-refractivity contribution in [3.63, 3.8) is 0 Å². The molecule has 13 aromatic rings. The van der Waals surface area contributed by atoms with Crippen LogP contribution in [0.3, 0.4) is 0 Å². The van der Waals surface area contributed by atoms with Gasteiger partial charge in [0.05, 0.1) is 27.6 Å². The average molecular weight is 914 g/mol. The van der Waals surface area contributed by atoms with E-state index in [9.17, 15) is 0 Å². The topological polar surface area (TPSA) is 51.4 Å². The summed E-state index contributed by atoms with van der Waals surface area (Å²) in [4.78, 5) is 14.6. The van der Waals surface area contributed by atoms with Crippen LogP contribution in [0.25, 0.3) is 99.8 Å². The lowest BCUT2D eigenvalue weighted by Crippen LogP contribution is -2.19. The standard InChI is InChI=1S/C66H51N5/c1-65(2,45-23-10-6-11-24-45)47-27-18-28-49(41-47)70-58-34-20-30-50(63(58)69-64(70)53-32-19-31-52-51-29-14-15-33-56(51)68-62(52)53)44-39-54(43-21-8-5-9-22-43)61-55-42-48(66(3,4)46-25-12-7-13-26-46)36-37-57(55)71(59(61)40-44)60-35-16-17-38-67-60/h5-42,68H,1-4H3. The molecular formula is C66H51N5. The minimum atomic E-state index is -0.246. The zero-order valence-electron chi connectivity index (χ0n) is 40.2. The van der Waals surface area contributed by atoms with Gasteiger partial charge in [-0.1, -0.05) is 185 Å². The molecule has 0 amide bonds. The van der Waals surface area contributed by atoms with Crippen LogP contribution >= 0.6 is 0 Å². The maximum atomic E-state index is 5.80. The molecule has 9 aromatic carbocycles. The fraction of sp³-hybridized carbons (Fsp3) is 0.0909. The molecule has 0 radical (unpaired) electrons. The second kappa shape index (κ2) is 16.4. The van der Waals surface area contributed by atoms with Crippen LogP contribution in [0, 0.1) is 0 Å². The quantitative estimate of drug-likeness (QED) is 0.157. The third-order valence-corrected chi connectivity index (χ3v) is 15.1. The van der Waals surface area contributed by atoms with Crippen LogP contribution in [0.5, 0.6) is 0 Å². The van der Waals surface area contributed by atoms with Crippen LogP contribution in [0.2, 0.25) is 0 Å². The molecule has 13 rings (SSSR count). The number of nitrogens with one attached hydrogen (secondary N) is 1. The van der Waals surface area contributed by atoms with Crippen molar-refractivity contribution in [3.05, 3.63) is 253 Å². The highest BCUT2D eigenvalue weighted by Gasteiger charge is 2.28. The summed E-state index contributed by atoms with van der Waals surface area (Å²) in [5, 5.41) is 4.74. The average Bonchev–Trinajstić information content (AvgIpc) is 4.11. The molecule has 0 atom stereocenters. The number of hydrogen-bond acceptors (Lipinski definition) is 2. The fourth-order valence-corrected chi connectivity index (χ4v) is 11.2. The number of rotatable bonds is 9. The SMILES string of the molecule is CC(C)(c1ccccc1)c1cccc(-n2c(-c3cccc4c3[nH]c3ccccc34)nc3c(-c4cc(-c5ccccc5)c5c6cc(C(C)(C)c7ccccc7)ccc6n(-c6ccccn6)c5c4)cccc32)c1. The van der Waals surface area contributed by atoms with Crippen molar-refractivity contribution in [3.8, 4) is 45.1 Å². The van der Waals surface area contributed by atoms with E-state index >= 15 is 0 Å². The largest absolute Gasteiger partial charge is 0.354 e. The molecule has 0 unspecified atom stereocenters. The highest BCUT2D eigenvalue weighted by atomic mass is 15.1. The van der Waals surface area contributed by atoms with Gasteiger partial charge < -0.3 is 4.98 Å². The van der Waals surface area contributed by atoms with Crippen molar-refractivity contribution >= 4 is 54.6 Å². The number of imidazole rings is 1. The highest BCUT2D eigenvalue weighted by Crippen LogP contribution is 2.46. The zero-order valence-corrected chi connectivity index (χ0v) is 40.2. The first kappa shape index (κ1) is 42.3. The molecule has 0 saturated carbocycles. The van der Waals surface area contributed by atoms with E-state index < -0.39 is 0 Å². The third-order valence-electron chi connectivity index (χ3n) is 15.1. The first-order valence-corrected chi connectivity index (χ1v) is 24.6. The molecule has 0 spiro atoms. The minimum Gasteiger partial charge on any atom is -0.354 e. The molecular weight excluding hydrogens is 863 g/mol. The molecule has 4 aromatic heterocycles.